The minimum atomic E-state index is -4.03. The van der Waals surface area contributed by atoms with Crippen molar-refractivity contribution in [3.63, 3.8) is 0 Å². The van der Waals surface area contributed by atoms with Crippen molar-refractivity contribution in [3.05, 3.63) is 77.4 Å². The van der Waals surface area contributed by atoms with Crippen LogP contribution in [0.5, 0.6) is 0 Å². The number of aryl methyl sites for hydroxylation is 2. The summed E-state index contributed by atoms with van der Waals surface area (Å²) in [5, 5.41) is 0. The monoisotopic (exact) mass is 573 g/mol. The molecule has 3 aromatic rings. The van der Waals surface area contributed by atoms with Crippen LogP contribution in [0.1, 0.15) is 40.7 Å². The molecular weight excluding hydrogens is 543 g/mol. The number of likely N-dealkylation sites (tertiary alicyclic amines) is 1. The summed E-state index contributed by atoms with van der Waals surface area (Å²) in [5.41, 5.74) is 2.86. The molecule has 0 radical (unpaired) electrons. The maximum atomic E-state index is 13.2. The van der Waals surface area contributed by atoms with Crippen molar-refractivity contribution >= 4 is 49.1 Å². The number of benzene rings is 3. The Hall–Kier alpha value is -3.02. The molecule has 0 aliphatic carbocycles. The molecule has 2 N–H and O–H groups in total. The Bertz CT molecular complexity index is 1550. The summed E-state index contributed by atoms with van der Waals surface area (Å²) < 4.78 is 57.1. The summed E-state index contributed by atoms with van der Waals surface area (Å²) in [6.07, 6.45) is 4.80. The molecule has 1 fully saturated rings. The number of anilines is 2. The smallest absolute Gasteiger partial charge is 0.261 e. The zero-order chi connectivity index (χ0) is 27.5. The zero-order valence-corrected chi connectivity index (χ0v) is 24.0. The molecule has 1 aliphatic rings. The Morgan fingerprint density at radius 2 is 1.42 bits per heavy atom. The topological polar surface area (TPSA) is 113 Å². The normalized spacial score (nSPS) is 14.2. The zero-order valence-electron chi connectivity index (χ0n) is 21.5. The highest BCUT2D eigenvalue weighted by Crippen LogP contribution is 2.28. The number of nitrogens with one attached hydrogen (secondary N) is 2. The third-order valence-electron chi connectivity index (χ3n) is 6.40. The standard InChI is InChI=1S/C27H31N3O5S3/c1-19-7-13-25(20(2)17-19)29-37(32,33)22-10-8-21(9-11-22)28-38(34,35)23-12-14-26(36-3)24(18-23)27(31)30-15-5-4-6-16-30/h7-14,17-18,28-29H,4-6,15-16H2,1-3H3. The van der Waals surface area contributed by atoms with Crippen LogP contribution in [-0.2, 0) is 20.0 Å². The molecule has 1 aliphatic heterocycles. The second kappa shape index (κ2) is 11.4. The molecule has 0 saturated carbocycles. The first-order valence-electron chi connectivity index (χ1n) is 12.2. The van der Waals surface area contributed by atoms with Gasteiger partial charge in [0.15, 0.2) is 0 Å². The Morgan fingerprint density at radius 1 is 0.789 bits per heavy atom. The second-order valence-electron chi connectivity index (χ2n) is 9.27. The predicted molar refractivity (Wildman–Crippen MR) is 152 cm³/mol. The van der Waals surface area contributed by atoms with E-state index in [0.717, 1.165) is 30.4 Å². The first kappa shape index (κ1) is 28.0. The molecule has 1 saturated heterocycles. The number of hydrogen-bond donors (Lipinski definition) is 2. The lowest BCUT2D eigenvalue weighted by molar-refractivity contribution is 0.0720. The van der Waals surface area contributed by atoms with Gasteiger partial charge in [-0.05, 0) is 93.5 Å². The van der Waals surface area contributed by atoms with Crippen molar-refractivity contribution in [2.75, 3.05) is 28.8 Å². The molecule has 202 valence electrons. The van der Waals surface area contributed by atoms with Gasteiger partial charge >= 0.3 is 0 Å². The summed E-state index contributed by atoms with van der Waals surface area (Å²) in [7, 11) is -7.89. The highest BCUT2D eigenvalue weighted by Gasteiger charge is 2.24. The van der Waals surface area contributed by atoms with Gasteiger partial charge in [0.2, 0.25) is 0 Å². The maximum Gasteiger partial charge on any atom is 0.261 e. The Morgan fingerprint density at radius 3 is 2.05 bits per heavy atom. The molecule has 0 aromatic heterocycles. The molecular formula is C27H31N3O5S3. The molecule has 38 heavy (non-hydrogen) atoms. The Kier molecular flexibility index (Phi) is 8.39. The van der Waals surface area contributed by atoms with Gasteiger partial charge in [-0.3, -0.25) is 14.2 Å². The average molecular weight is 574 g/mol. The first-order valence-corrected chi connectivity index (χ1v) is 16.4. The Balaban J connectivity index is 1.53. The fourth-order valence-corrected chi connectivity index (χ4v) is 7.12. The van der Waals surface area contributed by atoms with Crippen LogP contribution >= 0.6 is 11.8 Å². The van der Waals surface area contributed by atoms with Crippen LogP contribution < -0.4 is 9.44 Å². The molecule has 1 amide bonds. The molecule has 0 spiro atoms. The van der Waals surface area contributed by atoms with Gasteiger partial charge < -0.3 is 4.90 Å². The van der Waals surface area contributed by atoms with Gasteiger partial charge in [0.25, 0.3) is 26.0 Å². The van der Waals surface area contributed by atoms with E-state index >= 15 is 0 Å². The Labute approximate surface area is 228 Å². The summed E-state index contributed by atoms with van der Waals surface area (Å²) in [6.45, 7) is 5.07. The quantitative estimate of drug-likeness (QED) is 0.356. The molecule has 0 unspecified atom stereocenters. The molecule has 3 aromatic carbocycles. The SMILES string of the molecule is CSc1ccc(S(=O)(=O)Nc2ccc(S(=O)(=O)Nc3ccc(C)cc3C)cc2)cc1C(=O)N1CCCCC1. The maximum absolute atomic E-state index is 13.2. The van der Waals surface area contributed by atoms with E-state index in [-0.39, 0.29) is 21.4 Å². The average Bonchev–Trinajstić information content (AvgIpc) is 2.90. The van der Waals surface area contributed by atoms with Gasteiger partial charge in [-0.2, -0.15) is 0 Å². The van der Waals surface area contributed by atoms with E-state index in [2.05, 4.69) is 9.44 Å². The highest BCUT2D eigenvalue weighted by molar-refractivity contribution is 7.98. The van der Waals surface area contributed by atoms with Crippen LogP contribution in [0.2, 0.25) is 0 Å². The molecule has 8 nitrogen and oxygen atoms in total. The van der Waals surface area contributed by atoms with E-state index in [1.807, 2.05) is 32.2 Å². The van der Waals surface area contributed by atoms with E-state index in [9.17, 15) is 21.6 Å². The molecule has 0 atom stereocenters. The lowest BCUT2D eigenvalue weighted by atomic mass is 10.1. The highest BCUT2D eigenvalue weighted by atomic mass is 32.2. The van der Waals surface area contributed by atoms with E-state index in [0.29, 0.717) is 29.2 Å². The van der Waals surface area contributed by atoms with Crippen molar-refractivity contribution in [1.29, 1.82) is 0 Å². The number of nitrogens with zero attached hydrogens (tertiary/aromatic N) is 1. The third-order valence-corrected chi connectivity index (χ3v) is 9.95. The number of carbonyl (C=O) groups excluding carboxylic acids is 1. The van der Waals surface area contributed by atoms with Crippen LogP contribution in [0.4, 0.5) is 11.4 Å². The van der Waals surface area contributed by atoms with Crippen molar-refractivity contribution in [2.45, 2.75) is 47.8 Å². The van der Waals surface area contributed by atoms with Crippen molar-refractivity contribution in [1.82, 2.24) is 4.90 Å². The van der Waals surface area contributed by atoms with Gasteiger partial charge in [0.05, 0.1) is 21.0 Å². The minimum Gasteiger partial charge on any atom is -0.339 e. The van der Waals surface area contributed by atoms with E-state index < -0.39 is 20.0 Å². The van der Waals surface area contributed by atoms with Gasteiger partial charge in [0.1, 0.15) is 0 Å². The van der Waals surface area contributed by atoms with Gasteiger partial charge in [-0.15, -0.1) is 11.8 Å². The summed E-state index contributed by atoms with van der Waals surface area (Å²) in [4.78, 5) is 15.6. The largest absolute Gasteiger partial charge is 0.339 e. The number of thioether (sulfide) groups is 1. The fourth-order valence-electron chi connectivity index (χ4n) is 4.34. The van der Waals surface area contributed by atoms with Crippen molar-refractivity contribution < 1.29 is 21.6 Å². The molecule has 1 heterocycles. The first-order chi connectivity index (χ1) is 18.0. The summed E-state index contributed by atoms with van der Waals surface area (Å²) in [5.74, 6) is -0.169. The number of amides is 1. The van der Waals surface area contributed by atoms with Crippen LogP contribution in [-0.4, -0.2) is 47.0 Å². The molecule has 0 bridgehead atoms. The minimum absolute atomic E-state index is 0.000777. The van der Waals surface area contributed by atoms with Crippen LogP contribution in [0.25, 0.3) is 0 Å². The van der Waals surface area contributed by atoms with E-state index in [1.54, 1.807) is 17.0 Å². The lowest BCUT2D eigenvalue weighted by Gasteiger charge is -2.27. The number of sulfonamides is 2. The second-order valence-corrected chi connectivity index (χ2v) is 13.5. The van der Waals surface area contributed by atoms with Crippen molar-refractivity contribution in [3.8, 4) is 0 Å². The summed E-state index contributed by atoms with van der Waals surface area (Å²) >= 11 is 1.39. The van der Waals surface area contributed by atoms with E-state index in [4.69, 9.17) is 0 Å². The number of hydrogen-bond acceptors (Lipinski definition) is 6. The van der Waals surface area contributed by atoms with Crippen molar-refractivity contribution in [2.24, 2.45) is 0 Å². The summed E-state index contributed by atoms with van der Waals surface area (Å²) in [6, 6.07) is 15.4. The number of carbonyl (C=O) groups is 1. The predicted octanol–water partition coefficient (Wildman–Crippen LogP) is 5.25. The molecule has 11 heteroatoms. The van der Waals surface area contributed by atoms with E-state index in [1.165, 1.54) is 48.2 Å². The third kappa shape index (κ3) is 6.33. The van der Waals surface area contributed by atoms with Crippen LogP contribution in [0.15, 0.2) is 75.4 Å². The van der Waals surface area contributed by atoms with Gasteiger partial charge in [-0.1, -0.05) is 17.7 Å². The lowest BCUT2D eigenvalue weighted by Crippen LogP contribution is -2.36. The number of piperidine rings is 1. The van der Waals surface area contributed by atoms with Crippen LogP contribution in [0.3, 0.4) is 0 Å². The van der Waals surface area contributed by atoms with Gasteiger partial charge in [-0.25, -0.2) is 16.8 Å². The fraction of sp³-hybridized carbons (Fsp3) is 0.296. The van der Waals surface area contributed by atoms with Crippen LogP contribution in [0, 0.1) is 13.8 Å². The molecule has 4 rings (SSSR count). The number of rotatable bonds is 8. The van der Waals surface area contributed by atoms with Gasteiger partial charge in [0, 0.05) is 23.7 Å².